The molecule has 0 aromatic heterocycles. The van der Waals surface area contributed by atoms with Gasteiger partial charge in [0.05, 0.1) is 5.56 Å². The Hall–Kier alpha value is -2.13. The maximum absolute atomic E-state index is 10.8. The van der Waals surface area contributed by atoms with Gasteiger partial charge in [-0.2, -0.15) is 0 Å². The normalized spacial score (nSPS) is 12.0. The Bertz CT molecular complexity index is 564. The molecule has 2 N–H and O–H groups in total. The molecule has 2 aromatic carbocycles. The third-order valence-electron chi connectivity index (χ3n) is 3.68. The van der Waals surface area contributed by atoms with Crippen molar-refractivity contribution in [2.75, 3.05) is 6.54 Å². The van der Waals surface area contributed by atoms with Crippen LogP contribution in [0.1, 0.15) is 40.7 Å². The molecule has 0 aliphatic rings. The fourth-order valence-corrected chi connectivity index (χ4v) is 2.38. The maximum atomic E-state index is 10.8. The van der Waals surface area contributed by atoms with E-state index < -0.39 is 5.97 Å². The molecule has 0 heterocycles. The van der Waals surface area contributed by atoms with Crippen LogP contribution >= 0.6 is 0 Å². The fraction of sp³-hybridized carbons (Fsp3) is 0.278. The summed E-state index contributed by atoms with van der Waals surface area (Å²) in [5.74, 6) is -0.380. The maximum Gasteiger partial charge on any atom is 0.335 e. The molecule has 0 aliphatic carbocycles. The summed E-state index contributed by atoms with van der Waals surface area (Å²) in [6, 6.07) is 17.5. The molecule has 0 radical (unpaired) electrons. The van der Waals surface area contributed by atoms with E-state index in [0.29, 0.717) is 11.5 Å². The SMILES string of the molecule is CCC(CNCc1ccc(C(=O)O)cc1)c1ccccc1. The lowest BCUT2D eigenvalue weighted by Crippen LogP contribution is -2.21. The second-order valence-corrected chi connectivity index (χ2v) is 5.15. The van der Waals surface area contributed by atoms with Gasteiger partial charge in [0, 0.05) is 13.1 Å². The number of carbonyl (C=O) groups is 1. The van der Waals surface area contributed by atoms with E-state index in [0.717, 1.165) is 25.1 Å². The molecule has 110 valence electrons. The van der Waals surface area contributed by atoms with Crippen LogP contribution in [0.3, 0.4) is 0 Å². The summed E-state index contributed by atoms with van der Waals surface area (Å²) in [4.78, 5) is 10.8. The summed E-state index contributed by atoms with van der Waals surface area (Å²) in [6.07, 6.45) is 1.09. The van der Waals surface area contributed by atoms with E-state index in [1.807, 2.05) is 18.2 Å². The zero-order valence-corrected chi connectivity index (χ0v) is 12.3. The van der Waals surface area contributed by atoms with Gasteiger partial charge in [0.15, 0.2) is 0 Å². The Morgan fingerprint density at radius 3 is 2.33 bits per heavy atom. The Morgan fingerprint density at radius 2 is 1.76 bits per heavy atom. The quantitative estimate of drug-likeness (QED) is 0.815. The van der Waals surface area contributed by atoms with Crippen molar-refractivity contribution in [1.82, 2.24) is 5.32 Å². The average molecular weight is 283 g/mol. The Labute approximate surface area is 125 Å². The van der Waals surface area contributed by atoms with Gasteiger partial charge in [-0.3, -0.25) is 0 Å². The van der Waals surface area contributed by atoms with Gasteiger partial charge in [-0.15, -0.1) is 0 Å². The van der Waals surface area contributed by atoms with E-state index in [2.05, 4.69) is 36.5 Å². The fourth-order valence-electron chi connectivity index (χ4n) is 2.38. The molecule has 21 heavy (non-hydrogen) atoms. The second-order valence-electron chi connectivity index (χ2n) is 5.15. The first-order valence-electron chi connectivity index (χ1n) is 7.28. The van der Waals surface area contributed by atoms with Gasteiger partial charge >= 0.3 is 5.97 Å². The number of aromatic carboxylic acids is 1. The number of carboxylic acids is 1. The summed E-state index contributed by atoms with van der Waals surface area (Å²) in [5, 5.41) is 12.3. The molecule has 1 unspecified atom stereocenters. The van der Waals surface area contributed by atoms with E-state index in [1.54, 1.807) is 12.1 Å². The van der Waals surface area contributed by atoms with Crippen LogP contribution in [0.15, 0.2) is 54.6 Å². The molecule has 3 heteroatoms. The first kappa shape index (κ1) is 15.3. The van der Waals surface area contributed by atoms with Crippen molar-refractivity contribution in [1.29, 1.82) is 0 Å². The minimum atomic E-state index is -0.885. The molecule has 2 rings (SSSR count). The van der Waals surface area contributed by atoms with Crippen molar-refractivity contribution in [3.63, 3.8) is 0 Å². The van der Waals surface area contributed by atoms with Crippen molar-refractivity contribution in [2.45, 2.75) is 25.8 Å². The largest absolute Gasteiger partial charge is 0.478 e. The number of nitrogens with one attached hydrogen (secondary N) is 1. The first-order valence-corrected chi connectivity index (χ1v) is 7.28. The molecule has 1 atom stereocenters. The lowest BCUT2D eigenvalue weighted by Gasteiger charge is -2.16. The third-order valence-corrected chi connectivity index (χ3v) is 3.68. The van der Waals surface area contributed by atoms with Gasteiger partial charge in [-0.25, -0.2) is 4.79 Å². The van der Waals surface area contributed by atoms with Gasteiger partial charge in [0.2, 0.25) is 0 Å². The van der Waals surface area contributed by atoms with Crippen LogP contribution < -0.4 is 5.32 Å². The Balaban J connectivity index is 1.87. The molecular weight excluding hydrogens is 262 g/mol. The molecule has 0 fully saturated rings. The summed E-state index contributed by atoms with van der Waals surface area (Å²) in [5.41, 5.74) is 2.78. The Morgan fingerprint density at radius 1 is 1.10 bits per heavy atom. The smallest absolute Gasteiger partial charge is 0.335 e. The molecule has 0 bridgehead atoms. The predicted molar refractivity (Wildman–Crippen MR) is 84.6 cm³/mol. The highest BCUT2D eigenvalue weighted by molar-refractivity contribution is 5.87. The van der Waals surface area contributed by atoms with Crippen LogP contribution in [0.2, 0.25) is 0 Å². The second kappa shape index (κ2) is 7.60. The van der Waals surface area contributed by atoms with Crippen LogP contribution in [0.4, 0.5) is 0 Å². The minimum absolute atomic E-state index is 0.328. The summed E-state index contributed by atoms with van der Waals surface area (Å²) < 4.78 is 0. The number of benzene rings is 2. The van der Waals surface area contributed by atoms with Crippen molar-refractivity contribution in [2.24, 2.45) is 0 Å². The van der Waals surface area contributed by atoms with E-state index in [-0.39, 0.29) is 0 Å². The monoisotopic (exact) mass is 283 g/mol. The molecule has 0 amide bonds. The van der Waals surface area contributed by atoms with Crippen molar-refractivity contribution < 1.29 is 9.90 Å². The molecule has 0 saturated carbocycles. The predicted octanol–water partition coefficient (Wildman–Crippen LogP) is 3.67. The van der Waals surface area contributed by atoms with Crippen LogP contribution in [0.25, 0.3) is 0 Å². The summed E-state index contributed by atoms with van der Waals surface area (Å²) in [6.45, 7) is 3.87. The lowest BCUT2D eigenvalue weighted by atomic mass is 9.96. The van der Waals surface area contributed by atoms with Crippen LogP contribution in [-0.4, -0.2) is 17.6 Å². The van der Waals surface area contributed by atoms with Crippen LogP contribution in [-0.2, 0) is 6.54 Å². The number of hydrogen-bond acceptors (Lipinski definition) is 2. The highest BCUT2D eigenvalue weighted by atomic mass is 16.4. The Kier molecular flexibility index (Phi) is 5.52. The molecular formula is C18H21NO2. The van der Waals surface area contributed by atoms with Crippen LogP contribution in [0, 0.1) is 0 Å². The van der Waals surface area contributed by atoms with Gasteiger partial charge < -0.3 is 10.4 Å². The van der Waals surface area contributed by atoms with E-state index in [4.69, 9.17) is 5.11 Å². The zero-order chi connectivity index (χ0) is 15.1. The lowest BCUT2D eigenvalue weighted by molar-refractivity contribution is 0.0697. The highest BCUT2D eigenvalue weighted by Gasteiger charge is 2.08. The summed E-state index contributed by atoms with van der Waals surface area (Å²) in [7, 11) is 0. The third kappa shape index (κ3) is 4.43. The molecule has 3 nitrogen and oxygen atoms in total. The number of carboxylic acid groups (broad SMARTS) is 1. The van der Waals surface area contributed by atoms with E-state index in [1.165, 1.54) is 5.56 Å². The van der Waals surface area contributed by atoms with E-state index >= 15 is 0 Å². The van der Waals surface area contributed by atoms with Crippen LogP contribution in [0.5, 0.6) is 0 Å². The molecule has 0 saturated heterocycles. The van der Waals surface area contributed by atoms with E-state index in [9.17, 15) is 4.79 Å². The van der Waals surface area contributed by atoms with Gasteiger partial charge in [0.1, 0.15) is 0 Å². The molecule has 2 aromatic rings. The van der Waals surface area contributed by atoms with Gasteiger partial charge in [-0.05, 0) is 35.6 Å². The number of rotatable bonds is 7. The average Bonchev–Trinajstić information content (AvgIpc) is 2.53. The van der Waals surface area contributed by atoms with Crippen molar-refractivity contribution >= 4 is 5.97 Å². The minimum Gasteiger partial charge on any atom is -0.478 e. The zero-order valence-electron chi connectivity index (χ0n) is 12.3. The topological polar surface area (TPSA) is 49.3 Å². The van der Waals surface area contributed by atoms with Crippen molar-refractivity contribution in [3.05, 3.63) is 71.3 Å². The van der Waals surface area contributed by atoms with Gasteiger partial charge in [0.25, 0.3) is 0 Å². The van der Waals surface area contributed by atoms with Gasteiger partial charge in [-0.1, -0.05) is 49.4 Å². The highest BCUT2D eigenvalue weighted by Crippen LogP contribution is 2.18. The number of hydrogen-bond donors (Lipinski definition) is 2. The standard InChI is InChI=1S/C18H21NO2/c1-2-15(16-6-4-3-5-7-16)13-19-12-14-8-10-17(11-9-14)18(20)21/h3-11,15,19H,2,12-13H2,1H3,(H,20,21). The molecule has 0 spiro atoms. The summed E-state index contributed by atoms with van der Waals surface area (Å²) >= 11 is 0. The molecule has 0 aliphatic heterocycles. The van der Waals surface area contributed by atoms with Crippen molar-refractivity contribution in [3.8, 4) is 0 Å². The first-order chi connectivity index (χ1) is 10.2.